The molecule has 0 aliphatic carbocycles. The summed E-state index contributed by atoms with van der Waals surface area (Å²) >= 11 is 0. The number of benzene rings is 1. The summed E-state index contributed by atoms with van der Waals surface area (Å²) in [6.45, 7) is 7.02. The fourth-order valence-electron chi connectivity index (χ4n) is 2.60. The van der Waals surface area contributed by atoms with Crippen molar-refractivity contribution < 1.29 is 4.79 Å². The second-order valence-electron chi connectivity index (χ2n) is 6.31. The second kappa shape index (κ2) is 4.47. The lowest BCUT2D eigenvalue weighted by Gasteiger charge is -2.21. The molecular formula is C16H19N3O. The number of fused-ring (bicyclic) bond motifs is 1. The maximum atomic E-state index is 12.1. The topological polar surface area (TPSA) is 57.8 Å². The van der Waals surface area contributed by atoms with Gasteiger partial charge in [-0.3, -0.25) is 4.79 Å². The monoisotopic (exact) mass is 269 g/mol. The zero-order chi connectivity index (χ0) is 14.3. The number of amides is 1. The maximum absolute atomic E-state index is 12.1. The molecule has 1 aliphatic heterocycles. The summed E-state index contributed by atoms with van der Waals surface area (Å²) in [6.07, 6.45) is 0.819. The number of hydrogen-bond acceptors (Lipinski definition) is 2. The largest absolute Gasteiger partial charge is 0.350 e. The number of carbonyl (C=O) groups is 1. The molecule has 0 fully saturated rings. The number of rotatable bonds is 1. The van der Waals surface area contributed by atoms with Crippen LogP contribution >= 0.6 is 0 Å². The molecule has 4 heteroatoms. The highest BCUT2D eigenvalue weighted by atomic mass is 16.1. The van der Waals surface area contributed by atoms with Crippen LogP contribution in [0.1, 0.15) is 35.6 Å². The fraction of sp³-hybridized carbons (Fsp3) is 0.375. The van der Waals surface area contributed by atoms with Crippen molar-refractivity contribution in [3.05, 3.63) is 41.2 Å². The van der Waals surface area contributed by atoms with Gasteiger partial charge in [-0.2, -0.15) is 0 Å². The van der Waals surface area contributed by atoms with Crippen LogP contribution < -0.4 is 5.32 Å². The number of carbonyl (C=O) groups excluding carboxylic acids is 1. The molecule has 1 aromatic carbocycles. The second-order valence-corrected chi connectivity index (χ2v) is 6.31. The third-order valence-electron chi connectivity index (χ3n) is 3.67. The van der Waals surface area contributed by atoms with Crippen molar-refractivity contribution in [1.29, 1.82) is 0 Å². The van der Waals surface area contributed by atoms with Crippen LogP contribution in [0, 0.1) is 12.3 Å². The van der Waals surface area contributed by atoms with Gasteiger partial charge in [-0.25, -0.2) is 4.98 Å². The van der Waals surface area contributed by atoms with Crippen molar-refractivity contribution in [2.75, 3.05) is 6.54 Å². The lowest BCUT2D eigenvalue weighted by Crippen LogP contribution is -2.32. The van der Waals surface area contributed by atoms with E-state index >= 15 is 0 Å². The van der Waals surface area contributed by atoms with E-state index in [-0.39, 0.29) is 11.3 Å². The van der Waals surface area contributed by atoms with E-state index in [1.165, 1.54) is 5.56 Å². The van der Waals surface area contributed by atoms with Crippen LogP contribution in [0.4, 0.5) is 0 Å². The van der Waals surface area contributed by atoms with Gasteiger partial charge in [-0.05, 0) is 24.8 Å². The van der Waals surface area contributed by atoms with Crippen LogP contribution in [0.15, 0.2) is 24.3 Å². The Kier molecular flexibility index (Phi) is 2.89. The van der Waals surface area contributed by atoms with Crippen LogP contribution in [0.5, 0.6) is 0 Å². The molecule has 1 amide bonds. The third kappa shape index (κ3) is 2.33. The number of aromatic nitrogens is 2. The first-order chi connectivity index (χ1) is 9.44. The molecule has 2 aromatic rings. The summed E-state index contributed by atoms with van der Waals surface area (Å²) in [5, 5.41) is 2.95. The van der Waals surface area contributed by atoms with Crippen molar-refractivity contribution in [2.24, 2.45) is 5.41 Å². The third-order valence-corrected chi connectivity index (χ3v) is 3.67. The van der Waals surface area contributed by atoms with Gasteiger partial charge in [0.15, 0.2) is 0 Å². The Hall–Kier alpha value is -2.10. The first-order valence-corrected chi connectivity index (χ1v) is 6.89. The standard InChI is InChI=1S/C16H19N3O/c1-10-5-4-6-11(7-10)14-18-12-8-16(2,3)9-17-15(20)13(12)19-14/h4-7H,8-9H2,1-3H3,(H,17,20)(H,18,19). The lowest BCUT2D eigenvalue weighted by molar-refractivity contribution is 0.0940. The summed E-state index contributed by atoms with van der Waals surface area (Å²) in [5.74, 6) is 0.687. The van der Waals surface area contributed by atoms with E-state index in [0.717, 1.165) is 23.5 Å². The molecule has 0 spiro atoms. The average molecular weight is 269 g/mol. The van der Waals surface area contributed by atoms with Gasteiger partial charge in [0, 0.05) is 17.8 Å². The molecule has 0 atom stereocenters. The fourth-order valence-corrected chi connectivity index (χ4v) is 2.60. The quantitative estimate of drug-likeness (QED) is 0.836. The van der Waals surface area contributed by atoms with Crippen molar-refractivity contribution >= 4 is 5.91 Å². The molecule has 0 saturated heterocycles. The number of nitrogens with zero attached hydrogens (tertiary/aromatic N) is 1. The predicted octanol–water partition coefficient (Wildman–Crippen LogP) is 2.70. The molecule has 0 radical (unpaired) electrons. The minimum absolute atomic E-state index is 0.0390. The van der Waals surface area contributed by atoms with E-state index in [2.05, 4.69) is 35.2 Å². The highest BCUT2D eigenvalue weighted by molar-refractivity contribution is 5.94. The van der Waals surface area contributed by atoms with Crippen molar-refractivity contribution in [1.82, 2.24) is 15.3 Å². The first kappa shape index (κ1) is 12.9. The number of hydrogen-bond donors (Lipinski definition) is 2. The normalized spacial score (nSPS) is 17.2. The Morgan fingerprint density at radius 2 is 2.10 bits per heavy atom. The van der Waals surface area contributed by atoms with Crippen LogP contribution in [0.25, 0.3) is 11.4 Å². The summed E-state index contributed by atoms with van der Waals surface area (Å²) < 4.78 is 0. The van der Waals surface area contributed by atoms with E-state index < -0.39 is 0 Å². The summed E-state index contributed by atoms with van der Waals surface area (Å²) in [4.78, 5) is 19.9. The highest BCUT2D eigenvalue weighted by Gasteiger charge is 2.29. The minimum Gasteiger partial charge on any atom is -0.350 e. The Bertz CT molecular complexity index is 670. The van der Waals surface area contributed by atoms with Gasteiger partial charge in [-0.1, -0.05) is 37.6 Å². The zero-order valence-corrected chi connectivity index (χ0v) is 12.1. The van der Waals surface area contributed by atoms with Crippen molar-refractivity contribution in [3.8, 4) is 11.4 Å². The molecule has 0 saturated carbocycles. The molecule has 2 heterocycles. The van der Waals surface area contributed by atoms with E-state index in [4.69, 9.17) is 0 Å². The molecule has 0 bridgehead atoms. The van der Waals surface area contributed by atoms with Gasteiger partial charge >= 0.3 is 0 Å². The van der Waals surface area contributed by atoms with E-state index in [9.17, 15) is 4.79 Å². The van der Waals surface area contributed by atoms with Gasteiger partial charge in [0.1, 0.15) is 11.5 Å². The van der Waals surface area contributed by atoms with E-state index in [0.29, 0.717) is 12.2 Å². The number of nitrogens with one attached hydrogen (secondary N) is 2. The molecule has 1 aromatic heterocycles. The summed E-state index contributed by atoms with van der Waals surface area (Å²) in [5.41, 5.74) is 3.70. The van der Waals surface area contributed by atoms with Gasteiger partial charge in [0.05, 0.1) is 0 Å². The number of aryl methyl sites for hydroxylation is 1. The number of aromatic amines is 1. The first-order valence-electron chi connectivity index (χ1n) is 6.89. The van der Waals surface area contributed by atoms with Crippen LogP contribution in [0.3, 0.4) is 0 Å². The molecule has 20 heavy (non-hydrogen) atoms. The van der Waals surface area contributed by atoms with Crippen LogP contribution in [0.2, 0.25) is 0 Å². The SMILES string of the molecule is Cc1cccc(-c2nc3c([nH]2)CC(C)(C)CNC3=O)c1. The number of imidazole rings is 1. The number of H-pyrrole nitrogens is 1. The Morgan fingerprint density at radius 3 is 2.85 bits per heavy atom. The summed E-state index contributed by atoms with van der Waals surface area (Å²) in [7, 11) is 0. The van der Waals surface area contributed by atoms with Crippen LogP contribution in [-0.2, 0) is 6.42 Å². The van der Waals surface area contributed by atoms with Gasteiger partial charge < -0.3 is 10.3 Å². The van der Waals surface area contributed by atoms with Gasteiger partial charge in [0.25, 0.3) is 5.91 Å². The van der Waals surface area contributed by atoms with Gasteiger partial charge in [0.2, 0.25) is 0 Å². The Labute approximate surface area is 118 Å². The Balaban J connectivity index is 2.06. The molecule has 3 rings (SSSR count). The minimum atomic E-state index is -0.0827. The molecule has 4 nitrogen and oxygen atoms in total. The molecule has 1 aliphatic rings. The molecule has 0 unspecified atom stereocenters. The van der Waals surface area contributed by atoms with E-state index in [1.807, 2.05) is 25.1 Å². The van der Waals surface area contributed by atoms with E-state index in [1.54, 1.807) is 0 Å². The Morgan fingerprint density at radius 1 is 1.30 bits per heavy atom. The smallest absolute Gasteiger partial charge is 0.271 e. The molecule has 2 N–H and O–H groups in total. The zero-order valence-electron chi connectivity index (χ0n) is 12.1. The van der Waals surface area contributed by atoms with Crippen molar-refractivity contribution in [2.45, 2.75) is 27.2 Å². The maximum Gasteiger partial charge on any atom is 0.271 e. The van der Waals surface area contributed by atoms with Crippen LogP contribution in [-0.4, -0.2) is 22.4 Å². The van der Waals surface area contributed by atoms with Crippen molar-refractivity contribution in [3.63, 3.8) is 0 Å². The summed E-state index contributed by atoms with van der Waals surface area (Å²) in [6, 6.07) is 8.13. The van der Waals surface area contributed by atoms with Gasteiger partial charge in [-0.15, -0.1) is 0 Å². The molecular weight excluding hydrogens is 250 g/mol. The lowest BCUT2D eigenvalue weighted by atomic mass is 9.88. The average Bonchev–Trinajstić information content (AvgIpc) is 2.75. The molecule has 104 valence electrons. The predicted molar refractivity (Wildman–Crippen MR) is 78.6 cm³/mol. The highest BCUT2D eigenvalue weighted by Crippen LogP contribution is 2.27.